The number of carbonyl (C=O) groups excluding carboxylic acids is 2. The summed E-state index contributed by atoms with van der Waals surface area (Å²) >= 11 is 7.02. The smallest absolute Gasteiger partial charge is 0.185 e. The highest BCUT2D eigenvalue weighted by atomic mass is 79.9. The summed E-state index contributed by atoms with van der Waals surface area (Å²) in [5, 5.41) is 0. The SMILES string of the molecule is C=CC(C)(C)C1=CC(c2ccc(Br)cc2)C=C(C(C)(C)C)C1=O.C=CC(C)(C)C1=CC(c2cccc(Br)c2)C=C(C(C)(C)C)C1=O. The van der Waals surface area contributed by atoms with Crippen LogP contribution in [0.1, 0.15) is 92.2 Å². The summed E-state index contributed by atoms with van der Waals surface area (Å²) in [6.07, 6.45) is 12.2. The van der Waals surface area contributed by atoms with Crippen LogP contribution in [0.25, 0.3) is 0 Å². The molecule has 0 aliphatic heterocycles. The van der Waals surface area contributed by atoms with Gasteiger partial charge in [0.05, 0.1) is 0 Å². The van der Waals surface area contributed by atoms with E-state index in [0.717, 1.165) is 31.2 Å². The lowest BCUT2D eigenvalue weighted by molar-refractivity contribution is -0.114. The van der Waals surface area contributed by atoms with Crippen molar-refractivity contribution in [3.63, 3.8) is 0 Å². The lowest BCUT2D eigenvalue weighted by Gasteiger charge is -2.33. The van der Waals surface area contributed by atoms with Crippen LogP contribution in [0.4, 0.5) is 0 Å². The van der Waals surface area contributed by atoms with Gasteiger partial charge in [-0.05, 0) is 46.2 Å². The van der Waals surface area contributed by atoms with Crippen LogP contribution >= 0.6 is 31.9 Å². The third-order valence-electron chi connectivity index (χ3n) is 8.88. The minimum absolute atomic E-state index is 0.105. The molecule has 2 aromatic carbocycles. The topological polar surface area (TPSA) is 34.1 Å². The molecule has 4 heteroatoms. The standard InChI is InChI=1S/2C21H25BrO/c1-7-21(5,6)18-13-15(14-8-10-16(22)11-9-14)12-17(19(18)23)20(2,3)4;1-7-21(5,6)18-13-15(14-9-8-10-16(22)11-14)12-17(19(18)23)20(2,3)4/h2*7-13,15H,1H2,2-6H3. The van der Waals surface area contributed by atoms with Gasteiger partial charge in [0.1, 0.15) is 0 Å². The maximum Gasteiger partial charge on any atom is 0.185 e. The molecule has 0 heterocycles. The van der Waals surface area contributed by atoms with Gasteiger partial charge < -0.3 is 0 Å². The second-order valence-electron chi connectivity index (χ2n) is 15.5. The van der Waals surface area contributed by atoms with E-state index in [2.05, 4.69) is 135 Å². The molecule has 0 saturated heterocycles. The van der Waals surface area contributed by atoms with Gasteiger partial charge in [-0.25, -0.2) is 0 Å². The molecule has 2 atom stereocenters. The lowest BCUT2D eigenvalue weighted by atomic mass is 9.69. The van der Waals surface area contributed by atoms with Gasteiger partial charge in [-0.1, -0.05) is 162 Å². The summed E-state index contributed by atoms with van der Waals surface area (Å²) in [6.45, 7) is 28.6. The average Bonchev–Trinajstić information content (AvgIpc) is 2.96. The molecule has 2 aliphatic rings. The van der Waals surface area contributed by atoms with Crippen molar-refractivity contribution in [1.82, 2.24) is 0 Å². The van der Waals surface area contributed by atoms with Gasteiger partial charge in [0.15, 0.2) is 11.6 Å². The first kappa shape index (κ1) is 37.6. The molecule has 0 fully saturated rings. The Hall–Kier alpha value is -2.82. The molecule has 2 unspecified atom stereocenters. The van der Waals surface area contributed by atoms with Crippen molar-refractivity contribution in [3.8, 4) is 0 Å². The fraction of sp³-hybridized carbons (Fsp3) is 0.381. The summed E-state index contributed by atoms with van der Waals surface area (Å²) in [4.78, 5) is 26.0. The van der Waals surface area contributed by atoms with Gasteiger partial charge >= 0.3 is 0 Å². The Morgan fingerprint density at radius 2 is 0.935 bits per heavy atom. The average molecular weight is 747 g/mol. The van der Waals surface area contributed by atoms with Crippen molar-refractivity contribution in [1.29, 1.82) is 0 Å². The largest absolute Gasteiger partial charge is 0.289 e. The first-order valence-electron chi connectivity index (χ1n) is 15.9. The molecule has 2 aromatic rings. The first-order valence-corrected chi connectivity index (χ1v) is 17.5. The number of hydrogen-bond acceptors (Lipinski definition) is 2. The van der Waals surface area contributed by atoms with Gasteiger partial charge in [-0.15, -0.1) is 13.2 Å². The summed E-state index contributed by atoms with van der Waals surface area (Å²) in [5.74, 6) is 0.516. The van der Waals surface area contributed by atoms with E-state index in [1.807, 2.05) is 64.1 Å². The predicted molar refractivity (Wildman–Crippen MR) is 203 cm³/mol. The van der Waals surface area contributed by atoms with Crippen molar-refractivity contribution in [2.24, 2.45) is 21.7 Å². The Balaban J connectivity index is 0.000000250. The van der Waals surface area contributed by atoms with Gasteiger partial charge in [-0.3, -0.25) is 9.59 Å². The highest BCUT2D eigenvalue weighted by Gasteiger charge is 2.37. The van der Waals surface area contributed by atoms with Crippen LogP contribution < -0.4 is 0 Å². The zero-order chi connectivity index (χ0) is 34.8. The quantitative estimate of drug-likeness (QED) is 0.276. The summed E-state index contributed by atoms with van der Waals surface area (Å²) in [5.41, 5.74) is 4.79. The Labute approximate surface area is 294 Å². The second-order valence-corrected chi connectivity index (χ2v) is 17.3. The third-order valence-corrected chi connectivity index (χ3v) is 9.90. The van der Waals surface area contributed by atoms with Crippen LogP contribution in [0, 0.1) is 21.7 Å². The Morgan fingerprint density at radius 3 is 1.30 bits per heavy atom. The van der Waals surface area contributed by atoms with Crippen LogP contribution in [-0.2, 0) is 9.59 Å². The van der Waals surface area contributed by atoms with E-state index in [4.69, 9.17) is 0 Å². The fourth-order valence-electron chi connectivity index (χ4n) is 5.61. The molecule has 46 heavy (non-hydrogen) atoms. The number of Topliss-reactive ketones (excluding diaryl/α,β-unsaturated/α-hetero) is 2. The lowest BCUT2D eigenvalue weighted by Crippen LogP contribution is -2.29. The van der Waals surface area contributed by atoms with Crippen LogP contribution in [0.3, 0.4) is 0 Å². The molecule has 4 rings (SSSR count). The van der Waals surface area contributed by atoms with Gasteiger partial charge in [0, 0.05) is 53.9 Å². The summed E-state index contributed by atoms with van der Waals surface area (Å²) in [6, 6.07) is 16.6. The molecule has 0 bridgehead atoms. The molecule has 0 amide bonds. The van der Waals surface area contributed by atoms with Crippen LogP contribution in [0.2, 0.25) is 0 Å². The molecule has 0 spiro atoms. The number of ketones is 2. The maximum atomic E-state index is 13.0. The first-order chi connectivity index (χ1) is 21.1. The van der Waals surface area contributed by atoms with Gasteiger partial charge in [0.2, 0.25) is 0 Å². The van der Waals surface area contributed by atoms with Crippen molar-refractivity contribution < 1.29 is 9.59 Å². The molecule has 0 N–H and O–H groups in total. The molecule has 0 aromatic heterocycles. The number of hydrogen-bond donors (Lipinski definition) is 0. The van der Waals surface area contributed by atoms with E-state index in [9.17, 15) is 9.59 Å². The zero-order valence-electron chi connectivity index (χ0n) is 29.2. The maximum absolute atomic E-state index is 13.0. The number of allylic oxidation sites excluding steroid dienone is 10. The van der Waals surface area contributed by atoms with E-state index in [1.54, 1.807) is 0 Å². The number of carbonyl (C=O) groups is 2. The van der Waals surface area contributed by atoms with Crippen molar-refractivity contribution >= 4 is 43.4 Å². The van der Waals surface area contributed by atoms with E-state index in [0.29, 0.717) is 0 Å². The molecule has 2 aliphatic carbocycles. The highest BCUT2D eigenvalue weighted by molar-refractivity contribution is 9.10. The van der Waals surface area contributed by atoms with E-state index >= 15 is 0 Å². The molecular weight excluding hydrogens is 696 g/mol. The molecule has 0 saturated carbocycles. The molecule has 0 radical (unpaired) electrons. The van der Waals surface area contributed by atoms with Crippen molar-refractivity contribution in [2.45, 2.75) is 81.1 Å². The van der Waals surface area contributed by atoms with Crippen molar-refractivity contribution in [2.75, 3.05) is 0 Å². The number of benzene rings is 2. The summed E-state index contributed by atoms with van der Waals surface area (Å²) < 4.78 is 2.11. The van der Waals surface area contributed by atoms with Crippen molar-refractivity contribution in [3.05, 3.63) is 141 Å². The fourth-order valence-corrected chi connectivity index (χ4v) is 6.29. The van der Waals surface area contributed by atoms with Crippen LogP contribution in [0.15, 0.2) is 129 Å². The molecule has 2 nitrogen and oxygen atoms in total. The van der Waals surface area contributed by atoms with E-state index < -0.39 is 0 Å². The molecular formula is C42H50Br2O2. The predicted octanol–water partition coefficient (Wildman–Crippen LogP) is 12.5. The molecule has 244 valence electrons. The number of rotatable bonds is 6. The normalized spacial score (nSPS) is 19.2. The van der Waals surface area contributed by atoms with Gasteiger partial charge in [0.25, 0.3) is 0 Å². The zero-order valence-corrected chi connectivity index (χ0v) is 32.4. The number of halogens is 2. The van der Waals surface area contributed by atoms with Crippen LogP contribution in [-0.4, -0.2) is 11.6 Å². The van der Waals surface area contributed by atoms with Crippen LogP contribution in [0.5, 0.6) is 0 Å². The van der Waals surface area contributed by atoms with Gasteiger partial charge in [-0.2, -0.15) is 0 Å². The van der Waals surface area contributed by atoms with E-state index in [1.165, 1.54) is 11.1 Å². The second kappa shape index (κ2) is 14.1. The Kier molecular flexibility index (Phi) is 11.6. The minimum Gasteiger partial charge on any atom is -0.289 e. The highest BCUT2D eigenvalue weighted by Crippen LogP contribution is 2.44. The third kappa shape index (κ3) is 8.75. The minimum atomic E-state index is -0.341. The monoisotopic (exact) mass is 744 g/mol. The summed E-state index contributed by atoms with van der Waals surface area (Å²) in [7, 11) is 0. The Bertz CT molecular complexity index is 1630. The van der Waals surface area contributed by atoms with E-state index in [-0.39, 0.29) is 45.1 Å². The Morgan fingerprint density at radius 1 is 0.543 bits per heavy atom.